The van der Waals surface area contributed by atoms with E-state index < -0.39 is 0 Å². The fraction of sp³-hybridized carbons (Fsp3) is 0.769. The monoisotopic (exact) mass is 234 g/mol. The fourth-order valence-corrected chi connectivity index (χ4v) is 3.00. The minimum atomic E-state index is 0.685. The van der Waals surface area contributed by atoms with Gasteiger partial charge in [0.2, 0.25) is 0 Å². The van der Waals surface area contributed by atoms with E-state index in [2.05, 4.69) is 22.2 Å². The van der Waals surface area contributed by atoms with Crippen LogP contribution in [-0.4, -0.2) is 41.0 Å². The van der Waals surface area contributed by atoms with Crippen molar-refractivity contribution >= 4 is 0 Å². The second kappa shape index (κ2) is 4.78. The fourth-order valence-electron chi connectivity index (χ4n) is 3.00. The highest BCUT2D eigenvalue weighted by Crippen LogP contribution is 2.19. The molecule has 1 aromatic rings. The van der Waals surface area contributed by atoms with Crippen molar-refractivity contribution in [3.8, 4) is 0 Å². The minimum Gasteiger partial charge on any atom is -0.345 e. The van der Waals surface area contributed by atoms with Crippen LogP contribution in [0.3, 0.4) is 0 Å². The summed E-state index contributed by atoms with van der Waals surface area (Å²) in [5, 5.41) is 3.39. The summed E-state index contributed by atoms with van der Waals surface area (Å²) in [6.07, 6.45) is 6.21. The van der Waals surface area contributed by atoms with Crippen LogP contribution in [-0.2, 0) is 19.4 Å². The number of aromatic nitrogens is 2. The smallest absolute Gasteiger partial charge is 0.108 e. The van der Waals surface area contributed by atoms with Gasteiger partial charge in [-0.2, -0.15) is 0 Å². The van der Waals surface area contributed by atoms with Gasteiger partial charge in [-0.05, 0) is 26.4 Å². The standard InChI is InChI=1S/C13H22N4/c1-17-7-3-2-4-10(17)8-13-15-11-5-6-14-9-12(11)16-13/h10,14H,2-9H2,1H3,(H,15,16). The maximum absolute atomic E-state index is 4.76. The molecule has 1 aromatic heterocycles. The number of nitrogens with zero attached hydrogens (tertiary/aromatic N) is 2. The molecular weight excluding hydrogens is 212 g/mol. The van der Waals surface area contributed by atoms with Gasteiger partial charge in [-0.3, -0.25) is 0 Å². The number of likely N-dealkylation sites (N-methyl/N-ethyl adjacent to an activating group) is 1. The normalized spacial score (nSPS) is 25.8. The van der Waals surface area contributed by atoms with Crippen LogP contribution in [0, 0.1) is 0 Å². The van der Waals surface area contributed by atoms with E-state index in [-0.39, 0.29) is 0 Å². The molecule has 4 nitrogen and oxygen atoms in total. The lowest BCUT2D eigenvalue weighted by Crippen LogP contribution is -2.37. The molecule has 2 N–H and O–H groups in total. The molecule has 1 unspecified atom stereocenters. The number of hydrogen-bond donors (Lipinski definition) is 2. The first-order valence-electron chi connectivity index (χ1n) is 6.80. The van der Waals surface area contributed by atoms with E-state index in [0.29, 0.717) is 6.04 Å². The van der Waals surface area contributed by atoms with Gasteiger partial charge in [-0.15, -0.1) is 0 Å². The molecule has 3 rings (SSSR count). The molecule has 1 atom stereocenters. The van der Waals surface area contributed by atoms with Crippen molar-refractivity contribution in [1.29, 1.82) is 0 Å². The summed E-state index contributed by atoms with van der Waals surface area (Å²) in [5.41, 5.74) is 2.60. The van der Waals surface area contributed by atoms with E-state index in [0.717, 1.165) is 25.9 Å². The van der Waals surface area contributed by atoms with E-state index in [4.69, 9.17) is 4.98 Å². The number of H-pyrrole nitrogens is 1. The third kappa shape index (κ3) is 2.38. The Balaban J connectivity index is 1.69. The summed E-state index contributed by atoms with van der Waals surface area (Å²) in [6, 6.07) is 0.685. The number of likely N-dealkylation sites (tertiary alicyclic amines) is 1. The van der Waals surface area contributed by atoms with Crippen LogP contribution in [0.1, 0.15) is 36.5 Å². The van der Waals surface area contributed by atoms with Gasteiger partial charge in [0, 0.05) is 32.0 Å². The molecule has 17 heavy (non-hydrogen) atoms. The largest absolute Gasteiger partial charge is 0.345 e. The molecule has 2 aliphatic rings. The predicted octanol–water partition coefficient (Wildman–Crippen LogP) is 1.08. The molecule has 0 bridgehead atoms. The third-order valence-electron chi connectivity index (χ3n) is 4.10. The number of hydrogen-bond acceptors (Lipinski definition) is 3. The number of rotatable bonds is 2. The van der Waals surface area contributed by atoms with Gasteiger partial charge >= 0.3 is 0 Å². The highest BCUT2D eigenvalue weighted by atomic mass is 15.1. The number of nitrogens with one attached hydrogen (secondary N) is 2. The Morgan fingerprint density at radius 3 is 3.18 bits per heavy atom. The zero-order valence-electron chi connectivity index (χ0n) is 10.6. The van der Waals surface area contributed by atoms with Crippen LogP contribution >= 0.6 is 0 Å². The Hall–Kier alpha value is -0.870. The number of aromatic amines is 1. The van der Waals surface area contributed by atoms with Crippen LogP contribution in [0.15, 0.2) is 0 Å². The first-order chi connectivity index (χ1) is 8.33. The van der Waals surface area contributed by atoms with E-state index in [1.165, 1.54) is 43.0 Å². The van der Waals surface area contributed by atoms with Crippen LogP contribution in [0.5, 0.6) is 0 Å². The summed E-state index contributed by atoms with van der Waals surface area (Å²) in [6.45, 7) is 3.27. The lowest BCUT2D eigenvalue weighted by atomic mass is 10.00. The molecule has 0 radical (unpaired) electrons. The van der Waals surface area contributed by atoms with Gasteiger partial charge in [0.05, 0.1) is 11.4 Å². The summed E-state index contributed by atoms with van der Waals surface area (Å²) >= 11 is 0. The third-order valence-corrected chi connectivity index (χ3v) is 4.10. The molecule has 1 fully saturated rings. The van der Waals surface area contributed by atoms with Crippen LogP contribution in [0.2, 0.25) is 0 Å². The highest BCUT2D eigenvalue weighted by molar-refractivity contribution is 5.18. The SMILES string of the molecule is CN1CCCCC1Cc1nc2c([nH]1)CNCC2. The van der Waals surface area contributed by atoms with Crippen molar-refractivity contribution in [3.63, 3.8) is 0 Å². The average molecular weight is 234 g/mol. The van der Waals surface area contributed by atoms with Crippen molar-refractivity contribution < 1.29 is 0 Å². The van der Waals surface area contributed by atoms with E-state index in [1.807, 2.05) is 0 Å². The Kier molecular flexibility index (Phi) is 3.16. The molecule has 0 aromatic carbocycles. The number of imidazole rings is 1. The van der Waals surface area contributed by atoms with E-state index in [9.17, 15) is 0 Å². The summed E-state index contributed by atoms with van der Waals surface area (Å²) < 4.78 is 0. The molecule has 4 heteroatoms. The molecular formula is C13H22N4. The molecule has 0 spiro atoms. The molecule has 0 aliphatic carbocycles. The van der Waals surface area contributed by atoms with E-state index >= 15 is 0 Å². The van der Waals surface area contributed by atoms with Crippen molar-refractivity contribution in [2.75, 3.05) is 20.1 Å². The van der Waals surface area contributed by atoms with Crippen molar-refractivity contribution in [2.24, 2.45) is 0 Å². The number of fused-ring (bicyclic) bond motifs is 1. The van der Waals surface area contributed by atoms with Gasteiger partial charge in [0.15, 0.2) is 0 Å². The van der Waals surface area contributed by atoms with Gasteiger partial charge < -0.3 is 15.2 Å². The molecule has 2 aliphatic heterocycles. The summed E-state index contributed by atoms with van der Waals surface area (Å²) in [5.74, 6) is 1.19. The van der Waals surface area contributed by atoms with E-state index in [1.54, 1.807) is 0 Å². The predicted molar refractivity (Wildman–Crippen MR) is 68.0 cm³/mol. The minimum absolute atomic E-state index is 0.685. The first-order valence-corrected chi connectivity index (χ1v) is 6.80. The topological polar surface area (TPSA) is 44.0 Å². The maximum atomic E-state index is 4.76. The van der Waals surface area contributed by atoms with Gasteiger partial charge in [-0.1, -0.05) is 6.42 Å². The average Bonchev–Trinajstić information content (AvgIpc) is 2.74. The van der Waals surface area contributed by atoms with Gasteiger partial charge in [0.1, 0.15) is 5.82 Å². The highest BCUT2D eigenvalue weighted by Gasteiger charge is 2.21. The van der Waals surface area contributed by atoms with Crippen LogP contribution in [0.4, 0.5) is 0 Å². The van der Waals surface area contributed by atoms with Gasteiger partial charge in [0.25, 0.3) is 0 Å². The Morgan fingerprint density at radius 2 is 2.35 bits per heavy atom. The summed E-state index contributed by atoms with van der Waals surface area (Å²) in [4.78, 5) is 10.7. The zero-order chi connectivity index (χ0) is 11.7. The van der Waals surface area contributed by atoms with Crippen molar-refractivity contribution in [3.05, 3.63) is 17.2 Å². The Bertz CT molecular complexity index is 361. The molecule has 0 saturated carbocycles. The maximum Gasteiger partial charge on any atom is 0.108 e. The van der Waals surface area contributed by atoms with Crippen molar-refractivity contribution in [1.82, 2.24) is 20.2 Å². The lowest BCUT2D eigenvalue weighted by Gasteiger charge is -2.31. The molecule has 3 heterocycles. The van der Waals surface area contributed by atoms with Crippen LogP contribution < -0.4 is 5.32 Å². The zero-order valence-corrected chi connectivity index (χ0v) is 10.6. The molecule has 1 saturated heterocycles. The molecule has 0 amide bonds. The van der Waals surface area contributed by atoms with Crippen LogP contribution in [0.25, 0.3) is 0 Å². The van der Waals surface area contributed by atoms with Crippen molar-refractivity contribution in [2.45, 2.75) is 44.7 Å². The molecule has 94 valence electrons. The summed E-state index contributed by atoms with van der Waals surface area (Å²) in [7, 11) is 2.24. The number of piperidine rings is 1. The Labute approximate surface area is 103 Å². The second-order valence-corrected chi connectivity index (χ2v) is 5.37. The first kappa shape index (κ1) is 11.2. The lowest BCUT2D eigenvalue weighted by molar-refractivity contribution is 0.183. The quantitative estimate of drug-likeness (QED) is 0.805. The second-order valence-electron chi connectivity index (χ2n) is 5.37. The Morgan fingerprint density at radius 1 is 1.41 bits per heavy atom. The van der Waals surface area contributed by atoms with Gasteiger partial charge in [-0.25, -0.2) is 4.98 Å².